The first-order valence-electron chi connectivity index (χ1n) is 8.66. The fourth-order valence-electron chi connectivity index (χ4n) is 4.69. The lowest BCUT2D eigenvalue weighted by Crippen LogP contribution is -2.42. The summed E-state index contributed by atoms with van der Waals surface area (Å²) in [4.78, 5) is 0. The number of hydrogen-bond acceptors (Lipinski definition) is 4. The Balaban J connectivity index is 1.67. The van der Waals surface area contributed by atoms with Gasteiger partial charge in [0.1, 0.15) is 18.0 Å². The van der Waals surface area contributed by atoms with Gasteiger partial charge in [-0.05, 0) is 30.6 Å². The number of rotatable bonds is 1. The van der Waals surface area contributed by atoms with Crippen LogP contribution in [0.5, 0.6) is 0 Å². The summed E-state index contributed by atoms with van der Waals surface area (Å²) in [6.07, 6.45) is 2.35. The number of hydrogen-bond donors (Lipinski definition) is 1. The molecular formula is C20H22O4. The van der Waals surface area contributed by atoms with Crippen LogP contribution in [0, 0.1) is 11.3 Å². The molecule has 1 aliphatic carbocycles. The van der Waals surface area contributed by atoms with Gasteiger partial charge >= 0.3 is 0 Å². The van der Waals surface area contributed by atoms with Gasteiger partial charge in [0.15, 0.2) is 0 Å². The van der Waals surface area contributed by atoms with Crippen LogP contribution in [0.2, 0.25) is 0 Å². The van der Waals surface area contributed by atoms with Gasteiger partial charge in [0, 0.05) is 5.92 Å². The summed E-state index contributed by atoms with van der Waals surface area (Å²) in [6.45, 7) is 5.29. The second kappa shape index (κ2) is 4.94. The van der Waals surface area contributed by atoms with E-state index in [2.05, 4.69) is 37.3 Å². The van der Waals surface area contributed by atoms with Crippen LogP contribution in [0.4, 0.5) is 0 Å². The number of aliphatic hydroxyl groups excluding tert-OH is 1. The van der Waals surface area contributed by atoms with E-state index in [1.807, 2.05) is 13.0 Å². The third kappa shape index (κ3) is 1.97. The van der Waals surface area contributed by atoms with Crippen LogP contribution in [0.15, 0.2) is 47.7 Å². The Morgan fingerprint density at radius 2 is 1.83 bits per heavy atom. The van der Waals surface area contributed by atoms with Crippen molar-refractivity contribution in [3.05, 3.63) is 53.3 Å². The van der Waals surface area contributed by atoms with Gasteiger partial charge in [-0.3, -0.25) is 0 Å². The van der Waals surface area contributed by atoms with E-state index in [4.69, 9.17) is 14.2 Å². The normalized spacial score (nSPS) is 43.4. The van der Waals surface area contributed by atoms with Crippen LogP contribution in [-0.4, -0.2) is 42.7 Å². The van der Waals surface area contributed by atoms with Crippen LogP contribution >= 0.6 is 0 Å². The van der Waals surface area contributed by atoms with Crippen molar-refractivity contribution >= 4 is 5.57 Å². The first kappa shape index (κ1) is 14.7. The van der Waals surface area contributed by atoms with E-state index in [-0.39, 0.29) is 30.3 Å². The fraction of sp³-hybridized carbons (Fsp3) is 0.500. The third-order valence-electron chi connectivity index (χ3n) is 6.03. The Kier molecular flexibility index (Phi) is 3.03. The van der Waals surface area contributed by atoms with Crippen molar-refractivity contribution in [1.82, 2.24) is 0 Å². The zero-order chi connectivity index (χ0) is 16.5. The number of aliphatic hydroxyl groups is 1. The van der Waals surface area contributed by atoms with E-state index in [0.717, 1.165) is 5.57 Å². The molecule has 0 spiro atoms. The van der Waals surface area contributed by atoms with Crippen LogP contribution in [0.1, 0.15) is 19.4 Å². The first-order chi connectivity index (χ1) is 11.6. The average molecular weight is 326 g/mol. The Morgan fingerprint density at radius 1 is 1.08 bits per heavy atom. The lowest BCUT2D eigenvalue weighted by Gasteiger charge is -2.41. The zero-order valence-corrected chi connectivity index (χ0v) is 13.9. The van der Waals surface area contributed by atoms with Gasteiger partial charge in [-0.15, -0.1) is 0 Å². The van der Waals surface area contributed by atoms with E-state index in [0.29, 0.717) is 19.0 Å². The Labute approximate surface area is 141 Å². The van der Waals surface area contributed by atoms with E-state index in [1.54, 1.807) is 0 Å². The van der Waals surface area contributed by atoms with Crippen molar-refractivity contribution in [1.29, 1.82) is 0 Å². The summed E-state index contributed by atoms with van der Waals surface area (Å²) in [7, 11) is 0. The molecule has 4 heteroatoms. The molecule has 0 amide bonds. The van der Waals surface area contributed by atoms with Gasteiger partial charge < -0.3 is 19.3 Å². The second-order valence-electron chi connectivity index (χ2n) is 7.53. The number of ether oxygens (including phenoxy) is 3. The summed E-state index contributed by atoms with van der Waals surface area (Å²) < 4.78 is 17.7. The monoisotopic (exact) mass is 326 g/mol. The van der Waals surface area contributed by atoms with Crippen molar-refractivity contribution < 1.29 is 19.3 Å². The molecule has 1 aromatic rings. The summed E-state index contributed by atoms with van der Waals surface area (Å²) in [6, 6.07) is 10.4. The van der Waals surface area contributed by atoms with E-state index in [1.165, 1.54) is 11.1 Å². The molecule has 6 unspecified atom stereocenters. The predicted molar refractivity (Wildman–Crippen MR) is 89.5 cm³/mol. The standard InChI is InChI=1S/C20H22O4/c1-11-8-13(12-6-4-3-5-7-12)16-17-14(23-17)9-22-10-15-19(24-15)20(16,2)18(11)21/h3-8,14-17,19,21H,9-10H2,1-2H3. The Morgan fingerprint density at radius 3 is 2.62 bits per heavy atom. The molecule has 0 radical (unpaired) electrons. The quantitative estimate of drug-likeness (QED) is 0.806. The minimum absolute atomic E-state index is 0.0205. The molecule has 6 atom stereocenters. The van der Waals surface area contributed by atoms with Gasteiger partial charge in [0.25, 0.3) is 0 Å². The molecule has 1 N–H and O–H groups in total. The molecular weight excluding hydrogens is 304 g/mol. The topological polar surface area (TPSA) is 54.5 Å². The Bertz CT molecular complexity index is 737. The minimum Gasteiger partial charge on any atom is -0.511 e. The highest BCUT2D eigenvalue weighted by Gasteiger charge is 2.66. The molecule has 0 saturated carbocycles. The van der Waals surface area contributed by atoms with Gasteiger partial charge in [0.2, 0.25) is 0 Å². The maximum absolute atomic E-state index is 11.0. The number of epoxide rings is 2. The van der Waals surface area contributed by atoms with Crippen molar-refractivity contribution in [3.8, 4) is 0 Å². The molecule has 4 aliphatic rings. The smallest absolute Gasteiger partial charge is 0.108 e. The molecule has 24 heavy (non-hydrogen) atoms. The highest BCUT2D eigenvalue weighted by molar-refractivity contribution is 5.74. The van der Waals surface area contributed by atoms with E-state index in [9.17, 15) is 5.11 Å². The minimum atomic E-state index is -0.470. The van der Waals surface area contributed by atoms with Crippen LogP contribution in [0.3, 0.4) is 0 Å². The zero-order valence-electron chi connectivity index (χ0n) is 13.9. The summed E-state index contributed by atoms with van der Waals surface area (Å²) in [5.41, 5.74) is 2.87. The van der Waals surface area contributed by atoms with Crippen LogP contribution in [-0.2, 0) is 14.2 Å². The molecule has 0 bridgehead atoms. The molecule has 126 valence electrons. The molecule has 0 aromatic heterocycles. The fourth-order valence-corrected chi connectivity index (χ4v) is 4.69. The molecule has 5 rings (SSSR count). The van der Waals surface area contributed by atoms with Crippen molar-refractivity contribution in [2.45, 2.75) is 38.3 Å². The van der Waals surface area contributed by atoms with Crippen LogP contribution < -0.4 is 0 Å². The molecule has 3 fully saturated rings. The highest BCUT2D eigenvalue weighted by Crippen LogP contribution is 2.60. The predicted octanol–water partition coefficient (Wildman–Crippen LogP) is 3.10. The first-order valence-corrected chi connectivity index (χ1v) is 8.66. The molecule has 4 nitrogen and oxygen atoms in total. The van der Waals surface area contributed by atoms with Crippen molar-refractivity contribution in [3.63, 3.8) is 0 Å². The average Bonchev–Trinajstić information content (AvgIpc) is 3.50. The SMILES string of the molecule is CC1=C(O)C2(C)C3OC3COCC3OC3C2C(c2ccccc2)=C1. The maximum Gasteiger partial charge on any atom is 0.108 e. The molecule has 3 heterocycles. The lowest BCUT2D eigenvalue weighted by atomic mass is 9.62. The number of fused-ring (bicyclic) bond motifs is 5. The molecule has 1 aromatic carbocycles. The van der Waals surface area contributed by atoms with Crippen molar-refractivity contribution in [2.24, 2.45) is 11.3 Å². The molecule has 3 saturated heterocycles. The van der Waals surface area contributed by atoms with Crippen LogP contribution in [0.25, 0.3) is 5.57 Å². The van der Waals surface area contributed by atoms with Gasteiger partial charge in [-0.1, -0.05) is 36.4 Å². The van der Waals surface area contributed by atoms with E-state index >= 15 is 0 Å². The van der Waals surface area contributed by atoms with E-state index < -0.39 is 5.41 Å². The second-order valence-corrected chi connectivity index (χ2v) is 7.53. The summed E-state index contributed by atoms with van der Waals surface area (Å²) in [5.74, 6) is 0.515. The Hall–Kier alpha value is -1.62. The van der Waals surface area contributed by atoms with Gasteiger partial charge in [-0.25, -0.2) is 0 Å². The van der Waals surface area contributed by atoms with Crippen molar-refractivity contribution in [2.75, 3.05) is 13.2 Å². The third-order valence-corrected chi connectivity index (χ3v) is 6.03. The van der Waals surface area contributed by atoms with Gasteiger partial charge in [0.05, 0.1) is 30.8 Å². The number of benzene rings is 1. The summed E-state index contributed by atoms with van der Waals surface area (Å²) >= 11 is 0. The largest absolute Gasteiger partial charge is 0.511 e. The van der Waals surface area contributed by atoms with Gasteiger partial charge in [-0.2, -0.15) is 0 Å². The molecule has 3 aliphatic heterocycles. The number of allylic oxidation sites excluding steroid dienone is 2. The maximum atomic E-state index is 11.0. The lowest BCUT2D eigenvalue weighted by molar-refractivity contribution is 0.101. The summed E-state index contributed by atoms with van der Waals surface area (Å²) in [5, 5.41) is 11.0. The highest BCUT2D eigenvalue weighted by atomic mass is 16.6.